The van der Waals surface area contributed by atoms with Crippen LogP contribution in [0.4, 0.5) is 5.69 Å². The van der Waals surface area contributed by atoms with Gasteiger partial charge in [-0.05, 0) is 48.1 Å². The van der Waals surface area contributed by atoms with Gasteiger partial charge in [0.2, 0.25) is 0 Å². The summed E-state index contributed by atoms with van der Waals surface area (Å²) in [6.07, 6.45) is 3.15. The molecule has 2 rings (SSSR count). The van der Waals surface area contributed by atoms with Gasteiger partial charge in [0.25, 0.3) is 0 Å². The fourth-order valence-corrected chi connectivity index (χ4v) is 2.46. The van der Waals surface area contributed by atoms with Crippen LogP contribution in [0.5, 0.6) is 0 Å². The number of rotatable bonds is 7. The molecule has 0 saturated heterocycles. The minimum atomic E-state index is 0. The molecule has 0 spiro atoms. The van der Waals surface area contributed by atoms with Crippen molar-refractivity contribution in [2.24, 2.45) is 5.41 Å². The Balaban J connectivity index is 0.00000288. The van der Waals surface area contributed by atoms with Crippen LogP contribution >= 0.6 is 0 Å². The van der Waals surface area contributed by atoms with Gasteiger partial charge in [0.05, 0.1) is 0 Å². The minimum Gasteiger partial charge on any atom is -0.359 e. The van der Waals surface area contributed by atoms with E-state index in [4.69, 9.17) is 0 Å². The standard InChI is InChI=1S/C22H29N.CH4/c1-6-18-9-8-10-20(15-18)16-19-11-13-21(14-12-19)23-17(3)22(4,5)7-2;/h8-15,23H,3,6-7,16H2,1-2,4-5H3;1H4. The molecule has 0 fully saturated rings. The van der Waals surface area contributed by atoms with Crippen LogP contribution in [0.1, 0.15) is 58.2 Å². The van der Waals surface area contributed by atoms with Gasteiger partial charge in [0, 0.05) is 16.8 Å². The summed E-state index contributed by atoms with van der Waals surface area (Å²) in [6.45, 7) is 13.0. The largest absolute Gasteiger partial charge is 0.359 e. The first kappa shape index (κ1) is 20.0. The van der Waals surface area contributed by atoms with Gasteiger partial charge in [-0.1, -0.05) is 78.1 Å². The molecule has 2 aromatic carbocycles. The lowest BCUT2D eigenvalue weighted by molar-refractivity contribution is 0.434. The predicted octanol–water partition coefficient (Wildman–Crippen LogP) is 6.84. The van der Waals surface area contributed by atoms with Crippen molar-refractivity contribution < 1.29 is 0 Å². The van der Waals surface area contributed by atoms with Crippen molar-refractivity contribution in [2.75, 3.05) is 5.32 Å². The molecule has 0 unspecified atom stereocenters. The second kappa shape index (κ2) is 8.73. The van der Waals surface area contributed by atoms with Gasteiger partial charge in [0.15, 0.2) is 0 Å². The lowest BCUT2D eigenvalue weighted by atomic mass is 9.87. The predicted molar refractivity (Wildman–Crippen MR) is 109 cm³/mol. The quantitative estimate of drug-likeness (QED) is 0.588. The average molecular weight is 324 g/mol. The van der Waals surface area contributed by atoms with E-state index in [1.165, 1.54) is 16.7 Å². The zero-order valence-corrected chi connectivity index (χ0v) is 14.9. The number of allylic oxidation sites excluding steroid dienone is 1. The summed E-state index contributed by atoms with van der Waals surface area (Å²) in [5, 5.41) is 3.45. The number of benzene rings is 2. The van der Waals surface area contributed by atoms with Crippen molar-refractivity contribution >= 4 is 5.69 Å². The van der Waals surface area contributed by atoms with E-state index < -0.39 is 0 Å². The Morgan fingerprint density at radius 3 is 2.17 bits per heavy atom. The van der Waals surface area contributed by atoms with Crippen molar-refractivity contribution in [1.82, 2.24) is 0 Å². The fraction of sp³-hybridized carbons (Fsp3) is 0.391. The summed E-state index contributed by atoms with van der Waals surface area (Å²) >= 11 is 0. The maximum absolute atomic E-state index is 4.19. The first-order chi connectivity index (χ1) is 10.9. The summed E-state index contributed by atoms with van der Waals surface area (Å²) in [4.78, 5) is 0. The van der Waals surface area contributed by atoms with Crippen molar-refractivity contribution in [2.45, 2.75) is 54.4 Å². The molecule has 130 valence electrons. The van der Waals surface area contributed by atoms with Crippen molar-refractivity contribution in [3.05, 3.63) is 77.5 Å². The van der Waals surface area contributed by atoms with Gasteiger partial charge in [-0.15, -0.1) is 0 Å². The highest BCUT2D eigenvalue weighted by Gasteiger charge is 2.19. The Morgan fingerprint density at radius 1 is 0.958 bits per heavy atom. The second-order valence-corrected chi connectivity index (χ2v) is 6.89. The molecule has 0 amide bonds. The maximum atomic E-state index is 4.19. The molecule has 0 aliphatic rings. The van der Waals surface area contributed by atoms with Gasteiger partial charge in [-0.3, -0.25) is 0 Å². The molecule has 0 heterocycles. The Kier molecular flexibility index (Phi) is 7.28. The molecule has 0 saturated carbocycles. The van der Waals surface area contributed by atoms with E-state index in [1.54, 1.807) is 0 Å². The van der Waals surface area contributed by atoms with Crippen molar-refractivity contribution in [3.63, 3.8) is 0 Å². The van der Waals surface area contributed by atoms with Crippen LogP contribution in [0.3, 0.4) is 0 Å². The number of hydrogen-bond acceptors (Lipinski definition) is 1. The summed E-state index contributed by atoms with van der Waals surface area (Å²) < 4.78 is 0. The van der Waals surface area contributed by atoms with Crippen molar-refractivity contribution in [1.29, 1.82) is 0 Å². The van der Waals surface area contributed by atoms with Crippen molar-refractivity contribution in [3.8, 4) is 0 Å². The van der Waals surface area contributed by atoms with Crippen LogP contribution in [0.2, 0.25) is 0 Å². The van der Waals surface area contributed by atoms with E-state index in [9.17, 15) is 0 Å². The van der Waals surface area contributed by atoms with Crippen LogP contribution < -0.4 is 5.32 Å². The molecule has 1 nitrogen and oxygen atoms in total. The van der Waals surface area contributed by atoms with E-state index in [2.05, 4.69) is 88.1 Å². The monoisotopic (exact) mass is 323 g/mol. The van der Waals surface area contributed by atoms with Gasteiger partial charge in [-0.2, -0.15) is 0 Å². The molecule has 0 atom stereocenters. The first-order valence-corrected chi connectivity index (χ1v) is 8.57. The number of hydrogen-bond donors (Lipinski definition) is 1. The van der Waals surface area contributed by atoms with Gasteiger partial charge >= 0.3 is 0 Å². The van der Waals surface area contributed by atoms with E-state index in [-0.39, 0.29) is 12.8 Å². The highest BCUT2D eigenvalue weighted by atomic mass is 14.9. The van der Waals surface area contributed by atoms with E-state index in [0.29, 0.717) is 0 Å². The topological polar surface area (TPSA) is 12.0 Å². The summed E-state index contributed by atoms with van der Waals surface area (Å²) in [5.74, 6) is 0. The molecule has 2 aromatic rings. The van der Waals surface area contributed by atoms with Gasteiger partial charge < -0.3 is 5.32 Å². The summed E-state index contributed by atoms with van der Waals surface area (Å²) in [6, 6.07) is 17.6. The molecule has 1 N–H and O–H groups in total. The highest BCUT2D eigenvalue weighted by molar-refractivity contribution is 5.50. The van der Waals surface area contributed by atoms with Crippen LogP contribution in [0, 0.1) is 5.41 Å². The molecule has 0 bridgehead atoms. The third-order valence-corrected chi connectivity index (χ3v) is 4.76. The Morgan fingerprint density at radius 2 is 1.58 bits per heavy atom. The zero-order valence-electron chi connectivity index (χ0n) is 14.9. The molecule has 0 radical (unpaired) electrons. The lowest BCUT2D eigenvalue weighted by Gasteiger charge is -2.26. The van der Waals surface area contributed by atoms with Crippen LogP contribution in [0.25, 0.3) is 0 Å². The molecule has 0 aromatic heterocycles. The molecular formula is C23H33N. The Hall–Kier alpha value is -2.02. The highest BCUT2D eigenvalue weighted by Crippen LogP contribution is 2.29. The summed E-state index contributed by atoms with van der Waals surface area (Å²) in [5.41, 5.74) is 6.41. The Bertz CT molecular complexity index is 650. The third-order valence-electron chi connectivity index (χ3n) is 4.76. The third kappa shape index (κ3) is 5.26. The average Bonchev–Trinajstić information content (AvgIpc) is 2.56. The van der Waals surface area contributed by atoms with E-state index >= 15 is 0 Å². The minimum absolute atomic E-state index is 0. The molecular weight excluding hydrogens is 290 g/mol. The van der Waals surface area contributed by atoms with E-state index in [1.807, 2.05) is 0 Å². The van der Waals surface area contributed by atoms with Gasteiger partial charge in [0.1, 0.15) is 0 Å². The lowest BCUT2D eigenvalue weighted by Crippen LogP contribution is -2.18. The van der Waals surface area contributed by atoms with Crippen LogP contribution in [-0.4, -0.2) is 0 Å². The van der Waals surface area contributed by atoms with Crippen LogP contribution in [0.15, 0.2) is 60.8 Å². The molecule has 24 heavy (non-hydrogen) atoms. The maximum Gasteiger partial charge on any atom is 0.0381 e. The number of nitrogens with one attached hydrogen (secondary N) is 1. The zero-order chi connectivity index (χ0) is 16.9. The molecule has 1 heteroatoms. The molecule has 0 aliphatic carbocycles. The smallest absolute Gasteiger partial charge is 0.0381 e. The number of anilines is 1. The van der Waals surface area contributed by atoms with E-state index in [0.717, 1.165) is 30.6 Å². The second-order valence-electron chi connectivity index (χ2n) is 6.89. The summed E-state index contributed by atoms with van der Waals surface area (Å²) in [7, 11) is 0. The Labute approximate surface area is 148 Å². The fourth-order valence-electron chi connectivity index (χ4n) is 2.46. The van der Waals surface area contributed by atoms with Crippen LogP contribution in [-0.2, 0) is 12.8 Å². The first-order valence-electron chi connectivity index (χ1n) is 8.57. The molecule has 0 aliphatic heterocycles. The normalized spacial score (nSPS) is 10.8. The van der Waals surface area contributed by atoms with Gasteiger partial charge in [-0.25, -0.2) is 0 Å². The SMILES string of the molecule is C.C=C(Nc1ccc(Cc2cccc(CC)c2)cc1)C(C)(C)CC. The number of aryl methyl sites for hydroxylation is 1.